The predicted molar refractivity (Wildman–Crippen MR) is 77.8 cm³/mol. The van der Waals surface area contributed by atoms with E-state index < -0.39 is 0 Å². The fraction of sp³-hybridized carbons (Fsp3) is 0.188. The van der Waals surface area contributed by atoms with Crippen molar-refractivity contribution in [1.82, 2.24) is 0 Å². The molecular formula is C16H17NO3. The molecule has 0 heterocycles. The fourth-order valence-electron chi connectivity index (χ4n) is 1.93. The number of aliphatic hydroxyl groups is 1. The van der Waals surface area contributed by atoms with Crippen LogP contribution in [0.4, 0.5) is 5.69 Å². The highest BCUT2D eigenvalue weighted by molar-refractivity contribution is 6.06. The van der Waals surface area contributed by atoms with Crippen molar-refractivity contribution in [1.29, 1.82) is 0 Å². The van der Waals surface area contributed by atoms with Crippen molar-refractivity contribution < 1.29 is 15.0 Å². The van der Waals surface area contributed by atoms with Gasteiger partial charge in [-0.25, -0.2) is 0 Å². The number of carbonyl (C=O) groups excluding carboxylic acids is 1. The van der Waals surface area contributed by atoms with Crippen molar-refractivity contribution in [3.63, 3.8) is 0 Å². The van der Waals surface area contributed by atoms with Crippen LogP contribution in [0.5, 0.6) is 5.75 Å². The molecule has 4 nitrogen and oxygen atoms in total. The molecule has 1 amide bonds. The number of rotatable bonds is 4. The highest BCUT2D eigenvalue weighted by Gasteiger charge is 2.12. The van der Waals surface area contributed by atoms with E-state index in [9.17, 15) is 9.90 Å². The van der Waals surface area contributed by atoms with Gasteiger partial charge in [0.1, 0.15) is 5.75 Å². The van der Waals surface area contributed by atoms with Gasteiger partial charge >= 0.3 is 0 Å². The van der Waals surface area contributed by atoms with Crippen LogP contribution in [-0.4, -0.2) is 16.1 Å². The van der Waals surface area contributed by atoms with Crippen LogP contribution in [0.15, 0.2) is 42.5 Å². The maximum absolute atomic E-state index is 12.2. The maximum Gasteiger partial charge on any atom is 0.259 e. The van der Waals surface area contributed by atoms with E-state index in [0.717, 1.165) is 12.0 Å². The number of aliphatic hydroxyl groups excluding tert-OH is 1. The number of phenols is 1. The van der Waals surface area contributed by atoms with Crippen molar-refractivity contribution in [2.45, 2.75) is 20.0 Å². The van der Waals surface area contributed by atoms with Crippen LogP contribution in [0.1, 0.15) is 28.4 Å². The number of aromatic hydroxyl groups is 1. The van der Waals surface area contributed by atoms with E-state index in [2.05, 4.69) is 5.32 Å². The highest BCUT2D eigenvalue weighted by atomic mass is 16.3. The van der Waals surface area contributed by atoms with Gasteiger partial charge < -0.3 is 15.5 Å². The molecule has 0 fully saturated rings. The van der Waals surface area contributed by atoms with Gasteiger partial charge in [-0.3, -0.25) is 4.79 Å². The van der Waals surface area contributed by atoms with Gasteiger partial charge in [-0.2, -0.15) is 0 Å². The summed E-state index contributed by atoms with van der Waals surface area (Å²) in [5, 5.41) is 21.6. The first-order chi connectivity index (χ1) is 9.63. The van der Waals surface area contributed by atoms with Crippen LogP contribution in [0.2, 0.25) is 0 Å². The second kappa shape index (κ2) is 6.21. The van der Waals surface area contributed by atoms with Crippen LogP contribution >= 0.6 is 0 Å². The van der Waals surface area contributed by atoms with Gasteiger partial charge in [0.15, 0.2) is 0 Å². The molecule has 2 aromatic carbocycles. The molecule has 2 aromatic rings. The number of aryl methyl sites for hydroxylation is 1. The minimum Gasteiger partial charge on any atom is -0.507 e. The third-order valence-electron chi connectivity index (χ3n) is 3.08. The normalized spacial score (nSPS) is 10.3. The lowest BCUT2D eigenvalue weighted by molar-refractivity contribution is 0.102. The zero-order valence-electron chi connectivity index (χ0n) is 11.3. The molecule has 0 saturated heterocycles. The standard InChI is InChI=1S/C16H17NO3/c1-2-11-6-7-15(19)14(9-11)16(20)17-13-5-3-4-12(8-13)10-18/h3-9,18-19H,2,10H2,1H3,(H,17,20). The third kappa shape index (κ3) is 3.16. The van der Waals surface area contributed by atoms with Crippen LogP contribution in [-0.2, 0) is 13.0 Å². The molecule has 0 aliphatic heterocycles. The lowest BCUT2D eigenvalue weighted by atomic mass is 10.1. The van der Waals surface area contributed by atoms with Gasteiger partial charge in [0.05, 0.1) is 12.2 Å². The van der Waals surface area contributed by atoms with Crippen LogP contribution in [0, 0.1) is 0 Å². The minimum atomic E-state index is -0.368. The topological polar surface area (TPSA) is 69.6 Å². The highest BCUT2D eigenvalue weighted by Crippen LogP contribution is 2.21. The Morgan fingerprint density at radius 3 is 2.65 bits per heavy atom. The van der Waals surface area contributed by atoms with Gasteiger partial charge in [0.2, 0.25) is 0 Å². The number of hydrogen-bond donors (Lipinski definition) is 3. The molecule has 0 atom stereocenters. The van der Waals surface area contributed by atoms with Gasteiger partial charge in [0, 0.05) is 5.69 Å². The summed E-state index contributed by atoms with van der Waals surface area (Å²) >= 11 is 0. The average Bonchev–Trinajstić information content (AvgIpc) is 2.47. The molecule has 0 saturated carbocycles. The minimum absolute atomic E-state index is 0.0435. The molecule has 2 rings (SSSR count). The van der Waals surface area contributed by atoms with Crippen molar-refractivity contribution in [3.05, 3.63) is 59.2 Å². The molecule has 0 aromatic heterocycles. The van der Waals surface area contributed by atoms with Gasteiger partial charge in [-0.05, 0) is 41.8 Å². The molecule has 0 aliphatic carbocycles. The molecule has 3 N–H and O–H groups in total. The van der Waals surface area contributed by atoms with Crippen molar-refractivity contribution in [2.24, 2.45) is 0 Å². The Hall–Kier alpha value is -2.33. The summed E-state index contributed by atoms with van der Waals surface area (Å²) in [4.78, 5) is 12.2. The van der Waals surface area contributed by atoms with E-state index in [4.69, 9.17) is 5.11 Å². The first-order valence-electron chi connectivity index (χ1n) is 6.47. The molecule has 0 bridgehead atoms. The first-order valence-corrected chi connectivity index (χ1v) is 6.47. The number of nitrogens with one attached hydrogen (secondary N) is 1. The summed E-state index contributed by atoms with van der Waals surface area (Å²) in [6.45, 7) is 1.90. The second-order valence-electron chi connectivity index (χ2n) is 4.52. The van der Waals surface area contributed by atoms with Crippen molar-refractivity contribution >= 4 is 11.6 Å². The Morgan fingerprint density at radius 2 is 1.95 bits per heavy atom. The predicted octanol–water partition coefficient (Wildman–Crippen LogP) is 2.70. The first kappa shape index (κ1) is 14.1. The van der Waals surface area contributed by atoms with E-state index in [0.29, 0.717) is 11.3 Å². The number of carbonyl (C=O) groups is 1. The zero-order chi connectivity index (χ0) is 14.5. The van der Waals surface area contributed by atoms with Gasteiger partial charge in [-0.1, -0.05) is 25.1 Å². The number of benzene rings is 2. The summed E-state index contributed by atoms with van der Waals surface area (Å²) in [6.07, 6.45) is 0.792. The van der Waals surface area contributed by atoms with E-state index >= 15 is 0 Å². The molecule has 20 heavy (non-hydrogen) atoms. The molecule has 0 aliphatic rings. The van der Waals surface area contributed by atoms with E-state index in [1.807, 2.05) is 6.92 Å². The number of amides is 1. The van der Waals surface area contributed by atoms with E-state index in [1.54, 1.807) is 36.4 Å². The number of hydrogen-bond acceptors (Lipinski definition) is 3. The van der Waals surface area contributed by atoms with Gasteiger partial charge in [0.25, 0.3) is 5.91 Å². The van der Waals surface area contributed by atoms with Crippen molar-refractivity contribution in [2.75, 3.05) is 5.32 Å². The number of anilines is 1. The SMILES string of the molecule is CCc1ccc(O)c(C(=O)Nc2cccc(CO)c2)c1. The molecular weight excluding hydrogens is 254 g/mol. The van der Waals surface area contributed by atoms with Gasteiger partial charge in [-0.15, -0.1) is 0 Å². The molecule has 104 valence electrons. The van der Waals surface area contributed by atoms with Crippen LogP contribution < -0.4 is 5.32 Å². The van der Waals surface area contributed by atoms with Crippen LogP contribution in [0.25, 0.3) is 0 Å². The molecule has 4 heteroatoms. The Balaban J connectivity index is 2.23. The molecule has 0 spiro atoms. The average molecular weight is 271 g/mol. The summed E-state index contributed by atoms with van der Waals surface area (Å²) in [7, 11) is 0. The fourth-order valence-corrected chi connectivity index (χ4v) is 1.93. The summed E-state index contributed by atoms with van der Waals surface area (Å²) in [6, 6.07) is 11.9. The number of phenolic OH excluding ortho intramolecular Hbond substituents is 1. The Morgan fingerprint density at radius 1 is 1.15 bits per heavy atom. The Kier molecular flexibility index (Phi) is 4.38. The molecule has 0 unspecified atom stereocenters. The van der Waals surface area contributed by atoms with E-state index in [-0.39, 0.29) is 23.8 Å². The quantitative estimate of drug-likeness (QED) is 0.800. The Bertz CT molecular complexity index is 623. The lowest BCUT2D eigenvalue weighted by Crippen LogP contribution is -2.12. The Labute approximate surface area is 117 Å². The second-order valence-corrected chi connectivity index (χ2v) is 4.52. The largest absolute Gasteiger partial charge is 0.507 e. The smallest absolute Gasteiger partial charge is 0.259 e. The summed E-state index contributed by atoms with van der Waals surface area (Å²) in [5.41, 5.74) is 2.54. The monoisotopic (exact) mass is 271 g/mol. The van der Waals surface area contributed by atoms with E-state index in [1.165, 1.54) is 6.07 Å². The zero-order valence-corrected chi connectivity index (χ0v) is 11.3. The molecule has 0 radical (unpaired) electrons. The maximum atomic E-state index is 12.2. The van der Waals surface area contributed by atoms with Crippen molar-refractivity contribution in [3.8, 4) is 5.75 Å². The van der Waals surface area contributed by atoms with Crippen LogP contribution in [0.3, 0.4) is 0 Å². The summed E-state index contributed by atoms with van der Waals surface area (Å²) in [5.74, 6) is -0.411. The summed E-state index contributed by atoms with van der Waals surface area (Å²) < 4.78 is 0. The lowest BCUT2D eigenvalue weighted by Gasteiger charge is -2.09. The third-order valence-corrected chi connectivity index (χ3v) is 3.08.